The number of carboxylic acid groups (broad SMARTS) is 2. The molecule has 0 fully saturated rings. The Morgan fingerprint density at radius 1 is 0.750 bits per heavy atom. The highest BCUT2D eigenvalue weighted by atomic mass is 16.4. The minimum Gasteiger partial charge on any atom is -0.481 e. The first kappa shape index (κ1) is 28.2. The van der Waals surface area contributed by atoms with Crippen molar-refractivity contribution in [1.82, 2.24) is 16.0 Å². The van der Waals surface area contributed by atoms with E-state index in [1.807, 2.05) is 5.32 Å². The predicted octanol–water partition coefficient (Wildman–Crippen LogP) is -4.12. The average Bonchev–Trinajstić information content (AvgIpc) is 2.67. The number of carbonyl (C=O) groups excluding carboxylic acids is 5. The highest BCUT2D eigenvalue weighted by Gasteiger charge is 2.30. The molecule has 0 rings (SSSR count). The van der Waals surface area contributed by atoms with Crippen molar-refractivity contribution >= 4 is 41.5 Å². The van der Waals surface area contributed by atoms with Crippen molar-refractivity contribution in [3.8, 4) is 0 Å². The van der Waals surface area contributed by atoms with E-state index >= 15 is 0 Å². The molecular weight excluding hydrogens is 432 g/mol. The maximum atomic E-state index is 12.4. The number of carboxylic acids is 2. The van der Waals surface area contributed by atoms with Gasteiger partial charge in [0, 0.05) is 12.8 Å². The number of carbonyl (C=O) groups is 7. The summed E-state index contributed by atoms with van der Waals surface area (Å²) in [6, 6.07) is -5.63. The van der Waals surface area contributed by atoms with Crippen LogP contribution < -0.4 is 33.2 Å². The standard InChI is InChI=1S/C17H28N6O9/c1-7(21-15(29)8(18)2-4-11(19)24)14(28)23-10(6-13(26)27)16(30)22-9(17(31)32)3-5-12(20)25/h7-10H,2-6,18H2,1H3,(H2,19,24)(H2,20,25)(H,21,29)(H,22,30)(H,23,28)(H,26,27)(H,31,32). The Kier molecular flexibility index (Phi) is 11.9. The molecule has 4 unspecified atom stereocenters. The van der Waals surface area contributed by atoms with Gasteiger partial charge in [0.2, 0.25) is 29.5 Å². The van der Waals surface area contributed by atoms with Crippen molar-refractivity contribution < 1.29 is 43.8 Å². The molecule has 0 aromatic heterocycles. The summed E-state index contributed by atoms with van der Waals surface area (Å²) in [5.74, 6) is -7.31. The molecule has 0 aliphatic heterocycles. The molecule has 0 aromatic carbocycles. The molecule has 0 saturated carbocycles. The molecule has 11 N–H and O–H groups in total. The third-order valence-corrected chi connectivity index (χ3v) is 4.10. The first-order chi connectivity index (χ1) is 14.7. The quantitative estimate of drug-likeness (QED) is 0.117. The molecule has 0 radical (unpaired) electrons. The summed E-state index contributed by atoms with van der Waals surface area (Å²) in [4.78, 5) is 80.5. The van der Waals surface area contributed by atoms with Crippen LogP contribution >= 0.6 is 0 Å². The first-order valence-corrected chi connectivity index (χ1v) is 9.42. The van der Waals surface area contributed by atoms with Crippen LogP contribution in [0.2, 0.25) is 0 Å². The van der Waals surface area contributed by atoms with Crippen molar-refractivity contribution in [1.29, 1.82) is 0 Å². The number of amides is 5. The Hall–Kier alpha value is -3.75. The number of rotatable bonds is 15. The molecule has 180 valence electrons. The molecule has 32 heavy (non-hydrogen) atoms. The number of hydrogen-bond acceptors (Lipinski definition) is 8. The normalized spacial score (nSPS) is 14.2. The van der Waals surface area contributed by atoms with E-state index in [2.05, 4.69) is 10.6 Å². The predicted molar refractivity (Wildman–Crippen MR) is 106 cm³/mol. The van der Waals surface area contributed by atoms with Crippen LogP contribution in [0.5, 0.6) is 0 Å². The van der Waals surface area contributed by atoms with E-state index < -0.39 is 72.1 Å². The van der Waals surface area contributed by atoms with E-state index in [0.29, 0.717) is 0 Å². The second kappa shape index (κ2) is 13.5. The first-order valence-electron chi connectivity index (χ1n) is 9.42. The molecular formula is C17H28N6O9. The van der Waals surface area contributed by atoms with Crippen molar-refractivity contribution in [2.75, 3.05) is 0 Å². The minimum atomic E-state index is -1.68. The summed E-state index contributed by atoms with van der Waals surface area (Å²) < 4.78 is 0. The topological polar surface area (TPSA) is 274 Å². The minimum absolute atomic E-state index is 0.0680. The lowest BCUT2D eigenvalue weighted by molar-refractivity contribution is -0.143. The number of nitrogens with one attached hydrogen (secondary N) is 3. The molecule has 0 aromatic rings. The van der Waals surface area contributed by atoms with Gasteiger partial charge in [0.05, 0.1) is 12.5 Å². The zero-order valence-electron chi connectivity index (χ0n) is 17.3. The van der Waals surface area contributed by atoms with E-state index in [1.54, 1.807) is 0 Å². The van der Waals surface area contributed by atoms with Gasteiger partial charge in [-0.2, -0.15) is 0 Å². The second-order valence-corrected chi connectivity index (χ2v) is 6.91. The lowest BCUT2D eigenvalue weighted by Crippen LogP contribution is -2.56. The highest BCUT2D eigenvalue weighted by molar-refractivity contribution is 5.95. The fourth-order valence-electron chi connectivity index (χ4n) is 2.31. The second-order valence-electron chi connectivity index (χ2n) is 6.91. The van der Waals surface area contributed by atoms with Gasteiger partial charge >= 0.3 is 11.9 Å². The van der Waals surface area contributed by atoms with Crippen molar-refractivity contribution in [2.45, 2.75) is 63.2 Å². The summed E-state index contributed by atoms with van der Waals surface area (Å²) >= 11 is 0. The Labute approximate surface area is 182 Å². The van der Waals surface area contributed by atoms with Gasteiger partial charge in [-0.1, -0.05) is 0 Å². The van der Waals surface area contributed by atoms with E-state index in [1.165, 1.54) is 6.92 Å². The van der Waals surface area contributed by atoms with Crippen LogP contribution in [-0.4, -0.2) is 75.9 Å². The number of aliphatic carboxylic acids is 2. The molecule has 15 nitrogen and oxygen atoms in total. The molecule has 0 bridgehead atoms. The monoisotopic (exact) mass is 460 g/mol. The summed E-state index contributed by atoms with van der Waals surface area (Å²) in [5, 5.41) is 24.5. The smallest absolute Gasteiger partial charge is 0.326 e. The Balaban J connectivity index is 5.10. The van der Waals surface area contributed by atoms with Crippen LogP contribution in [0.15, 0.2) is 0 Å². The van der Waals surface area contributed by atoms with Crippen LogP contribution in [0.4, 0.5) is 0 Å². The van der Waals surface area contributed by atoms with Crippen molar-refractivity contribution in [2.24, 2.45) is 17.2 Å². The van der Waals surface area contributed by atoms with Crippen LogP contribution in [-0.2, 0) is 33.6 Å². The summed E-state index contributed by atoms with van der Waals surface area (Å²) in [5.41, 5.74) is 15.5. The molecule has 4 atom stereocenters. The molecule has 5 amide bonds. The van der Waals surface area contributed by atoms with E-state index in [9.17, 15) is 33.6 Å². The van der Waals surface area contributed by atoms with Crippen molar-refractivity contribution in [3.63, 3.8) is 0 Å². The summed E-state index contributed by atoms with van der Waals surface area (Å²) in [7, 11) is 0. The van der Waals surface area contributed by atoms with Gasteiger partial charge in [-0.15, -0.1) is 0 Å². The molecule has 0 aliphatic rings. The van der Waals surface area contributed by atoms with Crippen LogP contribution in [0.1, 0.15) is 39.0 Å². The Morgan fingerprint density at radius 2 is 1.25 bits per heavy atom. The summed E-state index contributed by atoms with van der Waals surface area (Å²) in [6.45, 7) is 1.23. The zero-order chi connectivity index (χ0) is 25.0. The number of hydrogen-bond donors (Lipinski definition) is 8. The molecule has 0 saturated heterocycles. The molecule has 0 heterocycles. The highest BCUT2D eigenvalue weighted by Crippen LogP contribution is 2.02. The molecule has 0 spiro atoms. The van der Waals surface area contributed by atoms with Crippen LogP contribution in [0, 0.1) is 0 Å². The average molecular weight is 460 g/mol. The fourth-order valence-corrected chi connectivity index (χ4v) is 2.31. The largest absolute Gasteiger partial charge is 0.481 e. The van der Waals surface area contributed by atoms with Crippen LogP contribution in [0.25, 0.3) is 0 Å². The Morgan fingerprint density at radius 3 is 1.72 bits per heavy atom. The Bertz CT molecular complexity index is 757. The van der Waals surface area contributed by atoms with Gasteiger partial charge in [0.1, 0.15) is 18.1 Å². The maximum Gasteiger partial charge on any atom is 0.326 e. The summed E-state index contributed by atoms with van der Waals surface area (Å²) in [6.07, 6.45) is -1.82. The van der Waals surface area contributed by atoms with Crippen LogP contribution in [0.3, 0.4) is 0 Å². The van der Waals surface area contributed by atoms with E-state index in [4.69, 9.17) is 27.4 Å². The molecule has 15 heteroatoms. The van der Waals surface area contributed by atoms with Gasteiger partial charge in [-0.25, -0.2) is 4.79 Å². The SMILES string of the molecule is CC(NC(=O)C(N)CCC(N)=O)C(=O)NC(CC(=O)O)C(=O)NC(CCC(N)=O)C(=O)O. The van der Waals surface area contributed by atoms with E-state index in [-0.39, 0.29) is 25.7 Å². The maximum absolute atomic E-state index is 12.4. The zero-order valence-corrected chi connectivity index (χ0v) is 17.3. The van der Waals surface area contributed by atoms with Gasteiger partial charge in [0.25, 0.3) is 0 Å². The van der Waals surface area contributed by atoms with E-state index in [0.717, 1.165) is 0 Å². The third-order valence-electron chi connectivity index (χ3n) is 4.10. The third kappa shape index (κ3) is 11.4. The number of nitrogens with two attached hydrogens (primary N) is 3. The molecule has 0 aliphatic carbocycles. The lowest BCUT2D eigenvalue weighted by atomic mass is 10.1. The lowest BCUT2D eigenvalue weighted by Gasteiger charge is -2.22. The van der Waals surface area contributed by atoms with Gasteiger partial charge < -0.3 is 43.4 Å². The number of primary amides is 2. The van der Waals surface area contributed by atoms with Gasteiger partial charge in [0.15, 0.2) is 0 Å². The van der Waals surface area contributed by atoms with Crippen molar-refractivity contribution in [3.05, 3.63) is 0 Å². The fraction of sp³-hybridized carbons (Fsp3) is 0.588. The van der Waals surface area contributed by atoms with Gasteiger partial charge in [-0.3, -0.25) is 28.8 Å². The van der Waals surface area contributed by atoms with Gasteiger partial charge in [-0.05, 0) is 19.8 Å².